The van der Waals surface area contributed by atoms with E-state index in [1.54, 1.807) is 4.90 Å². The Morgan fingerprint density at radius 1 is 1.04 bits per heavy atom. The Balaban J connectivity index is 1.41. The van der Waals surface area contributed by atoms with Gasteiger partial charge in [-0.2, -0.15) is 0 Å². The Labute approximate surface area is 152 Å². The largest absolute Gasteiger partial charge is 0.368 e. The fourth-order valence-corrected chi connectivity index (χ4v) is 3.28. The van der Waals surface area contributed by atoms with E-state index in [0.29, 0.717) is 25.9 Å². The summed E-state index contributed by atoms with van der Waals surface area (Å²) in [6.45, 7) is 2.69. The first-order valence-electron chi connectivity index (χ1n) is 8.85. The van der Waals surface area contributed by atoms with Gasteiger partial charge in [0.05, 0.1) is 6.54 Å². The zero-order valence-electron chi connectivity index (χ0n) is 14.6. The molecule has 0 aromatic heterocycles. The molecule has 26 heavy (non-hydrogen) atoms. The van der Waals surface area contributed by atoms with Gasteiger partial charge in [0.15, 0.2) is 0 Å². The number of nitrogens with two attached hydrogens (primary N) is 1. The van der Waals surface area contributed by atoms with Crippen LogP contribution in [0.15, 0.2) is 30.3 Å². The highest BCUT2D eigenvalue weighted by Gasteiger charge is 2.34. The number of hydrogen-bond acceptors (Lipinski definition) is 5. The fourth-order valence-electron chi connectivity index (χ4n) is 3.28. The zero-order valence-corrected chi connectivity index (χ0v) is 14.6. The number of nitrogens with one attached hydrogen (secondary N) is 1. The molecule has 3 amide bonds. The highest BCUT2D eigenvalue weighted by atomic mass is 16.5. The summed E-state index contributed by atoms with van der Waals surface area (Å²) in [7, 11) is 0. The maximum Gasteiger partial charge on any atom is 0.249 e. The van der Waals surface area contributed by atoms with Gasteiger partial charge in [0.25, 0.3) is 0 Å². The normalized spacial score (nSPS) is 22.9. The first kappa shape index (κ1) is 18.2. The van der Waals surface area contributed by atoms with Crippen LogP contribution in [0.3, 0.4) is 0 Å². The van der Waals surface area contributed by atoms with E-state index in [1.807, 2.05) is 18.2 Å². The molecular formula is C18H24N4O4. The summed E-state index contributed by atoms with van der Waals surface area (Å²) in [6.07, 6.45) is -0.561. The third-order valence-electron chi connectivity index (χ3n) is 4.80. The monoisotopic (exact) mass is 360 g/mol. The molecule has 3 N–H and O–H groups in total. The van der Waals surface area contributed by atoms with Gasteiger partial charge in [-0.05, 0) is 25.0 Å². The second-order valence-corrected chi connectivity index (χ2v) is 6.51. The van der Waals surface area contributed by atoms with Crippen molar-refractivity contribution in [2.45, 2.75) is 25.0 Å². The molecule has 0 radical (unpaired) electrons. The van der Waals surface area contributed by atoms with Gasteiger partial charge in [-0.1, -0.05) is 18.2 Å². The van der Waals surface area contributed by atoms with Crippen molar-refractivity contribution >= 4 is 23.4 Å². The minimum atomic E-state index is -0.715. The van der Waals surface area contributed by atoms with E-state index in [2.05, 4.69) is 22.3 Å². The molecule has 2 aliphatic rings. The maximum absolute atomic E-state index is 12.3. The number of ether oxygens (including phenoxy) is 1. The van der Waals surface area contributed by atoms with E-state index in [1.165, 1.54) is 0 Å². The maximum atomic E-state index is 12.3. The van der Waals surface area contributed by atoms with Gasteiger partial charge in [-0.25, -0.2) is 0 Å². The van der Waals surface area contributed by atoms with Gasteiger partial charge in [-0.15, -0.1) is 0 Å². The van der Waals surface area contributed by atoms with Crippen LogP contribution in [0.4, 0.5) is 5.69 Å². The molecule has 2 fully saturated rings. The van der Waals surface area contributed by atoms with Crippen LogP contribution in [0.5, 0.6) is 0 Å². The number of para-hydroxylation sites is 1. The molecular weight excluding hydrogens is 336 g/mol. The number of piperazine rings is 1. The van der Waals surface area contributed by atoms with Crippen molar-refractivity contribution in [1.29, 1.82) is 0 Å². The molecule has 0 spiro atoms. The lowest BCUT2D eigenvalue weighted by atomic mass is 10.2. The molecule has 140 valence electrons. The molecule has 2 saturated heterocycles. The number of amides is 3. The summed E-state index contributed by atoms with van der Waals surface area (Å²) in [5.41, 5.74) is 6.32. The van der Waals surface area contributed by atoms with Gasteiger partial charge < -0.3 is 25.6 Å². The van der Waals surface area contributed by atoms with Crippen LogP contribution in [0.25, 0.3) is 0 Å². The standard InChI is InChI=1S/C18H24N4O4/c19-17(24)14-6-7-15(26-14)18(25)20-12-16(23)22-10-8-21(9-11-22)13-4-2-1-3-5-13/h1-5,14-15H,6-12H2,(H2,19,24)(H,20,25)/t14-,15+/m0/s1. The quantitative estimate of drug-likeness (QED) is 0.735. The number of rotatable bonds is 5. The molecule has 0 saturated carbocycles. The Morgan fingerprint density at radius 2 is 1.69 bits per heavy atom. The van der Waals surface area contributed by atoms with Gasteiger partial charge in [0.2, 0.25) is 17.7 Å². The van der Waals surface area contributed by atoms with Gasteiger partial charge in [0, 0.05) is 31.9 Å². The summed E-state index contributed by atoms with van der Waals surface area (Å²) in [5, 5.41) is 2.60. The number of nitrogens with zero attached hydrogens (tertiary/aromatic N) is 2. The lowest BCUT2D eigenvalue weighted by Crippen LogP contribution is -2.52. The number of carbonyl (C=O) groups is 3. The zero-order chi connectivity index (χ0) is 18.5. The second-order valence-electron chi connectivity index (χ2n) is 6.51. The molecule has 2 aliphatic heterocycles. The van der Waals surface area contributed by atoms with E-state index in [0.717, 1.165) is 18.8 Å². The first-order chi connectivity index (χ1) is 12.5. The van der Waals surface area contributed by atoms with Crippen LogP contribution >= 0.6 is 0 Å². The fraction of sp³-hybridized carbons (Fsp3) is 0.500. The van der Waals surface area contributed by atoms with Gasteiger partial charge >= 0.3 is 0 Å². The summed E-state index contributed by atoms with van der Waals surface area (Å²) >= 11 is 0. The van der Waals surface area contributed by atoms with E-state index >= 15 is 0 Å². The van der Waals surface area contributed by atoms with Crippen molar-refractivity contribution in [3.05, 3.63) is 30.3 Å². The number of hydrogen-bond donors (Lipinski definition) is 2. The van der Waals surface area contributed by atoms with Crippen molar-refractivity contribution in [3.63, 3.8) is 0 Å². The van der Waals surface area contributed by atoms with Crippen LogP contribution in [-0.2, 0) is 19.1 Å². The molecule has 1 aromatic rings. The molecule has 2 heterocycles. The molecule has 0 unspecified atom stereocenters. The highest BCUT2D eigenvalue weighted by molar-refractivity contribution is 5.88. The lowest BCUT2D eigenvalue weighted by Gasteiger charge is -2.36. The van der Waals surface area contributed by atoms with Gasteiger partial charge in [0.1, 0.15) is 12.2 Å². The molecule has 8 nitrogen and oxygen atoms in total. The molecule has 3 rings (SSSR count). The molecule has 0 bridgehead atoms. The lowest BCUT2D eigenvalue weighted by molar-refractivity contribution is -0.140. The van der Waals surface area contributed by atoms with E-state index in [4.69, 9.17) is 10.5 Å². The van der Waals surface area contributed by atoms with E-state index in [-0.39, 0.29) is 18.4 Å². The van der Waals surface area contributed by atoms with Crippen LogP contribution in [0.1, 0.15) is 12.8 Å². The van der Waals surface area contributed by atoms with E-state index < -0.39 is 18.1 Å². The number of benzene rings is 1. The molecule has 2 atom stereocenters. The van der Waals surface area contributed by atoms with Crippen LogP contribution in [0, 0.1) is 0 Å². The Hall–Kier alpha value is -2.61. The molecule has 0 aliphatic carbocycles. The highest BCUT2D eigenvalue weighted by Crippen LogP contribution is 2.19. The Morgan fingerprint density at radius 3 is 2.31 bits per heavy atom. The summed E-state index contributed by atoms with van der Waals surface area (Å²) in [4.78, 5) is 39.4. The number of carbonyl (C=O) groups excluding carboxylic acids is 3. The summed E-state index contributed by atoms with van der Waals surface area (Å²) < 4.78 is 5.31. The summed E-state index contributed by atoms with van der Waals surface area (Å²) in [5.74, 6) is -1.05. The first-order valence-corrected chi connectivity index (χ1v) is 8.85. The molecule has 1 aromatic carbocycles. The second kappa shape index (κ2) is 8.18. The van der Waals surface area contributed by atoms with Crippen LogP contribution < -0.4 is 16.0 Å². The van der Waals surface area contributed by atoms with Crippen molar-refractivity contribution in [3.8, 4) is 0 Å². The number of primary amides is 1. The minimum absolute atomic E-state index is 0.0642. The van der Waals surface area contributed by atoms with Crippen molar-refractivity contribution in [1.82, 2.24) is 10.2 Å². The van der Waals surface area contributed by atoms with Gasteiger partial charge in [-0.3, -0.25) is 14.4 Å². The van der Waals surface area contributed by atoms with E-state index in [9.17, 15) is 14.4 Å². The third kappa shape index (κ3) is 4.32. The minimum Gasteiger partial charge on any atom is -0.368 e. The van der Waals surface area contributed by atoms with Crippen LogP contribution in [-0.4, -0.2) is 67.6 Å². The average Bonchev–Trinajstić information content (AvgIpc) is 3.17. The predicted molar refractivity (Wildman–Crippen MR) is 95.3 cm³/mol. The third-order valence-corrected chi connectivity index (χ3v) is 4.80. The Bertz CT molecular complexity index is 658. The van der Waals surface area contributed by atoms with Crippen molar-refractivity contribution < 1.29 is 19.1 Å². The SMILES string of the molecule is NC(=O)[C@@H]1CC[C@H](C(=O)NCC(=O)N2CCN(c3ccccc3)CC2)O1. The Kier molecular flexibility index (Phi) is 5.72. The molecule has 8 heteroatoms. The topological polar surface area (TPSA) is 105 Å². The number of anilines is 1. The summed E-state index contributed by atoms with van der Waals surface area (Å²) in [6, 6.07) is 10.1. The smallest absolute Gasteiger partial charge is 0.249 e. The van der Waals surface area contributed by atoms with Crippen LogP contribution in [0.2, 0.25) is 0 Å². The predicted octanol–water partition coefficient (Wildman–Crippen LogP) is -0.516. The van der Waals surface area contributed by atoms with Crippen molar-refractivity contribution in [2.75, 3.05) is 37.6 Å². The van der Waals surface area contributed by atoms with Crippen molar-refractivity contribution in [2.24, 2.45) is 5.73 Å². The average molecular weight is 360 g/mol.